The Bertz CT molecular complexity index is 94.2. The molecule has 0 spiro atoms. The van der Waals surface area contributed by atoms with Gasteiger partial charge in [-0.3, -0.25) is 0 Å². The van der Waals surface area contributed by atoms with E-state index in [0.29, 0.717) is 12.8 Å². The summed E-state index contributed by atoms with van der Waals surface area (Å²) in [6.45, 7) is 1.82. The minimum absolute atomic E-state index is 0.00912. The summed E-state index contributed by atoms with van der Waals surface area (Å²) in [6, 6.07) is 0. The van der Waals surface area contributed by atoms with E-state index in [-0.39, 0.29) is 11.9 Å². The van der Waals surface area contributed by atoms with Crippen LogP contribution < -0.4 is 0 Å². The Kier molecular flexibility index (Phi) is 4.94. The predicted octanol–water partition coefficient (Wildman–Crippen LogP) is 0.369. The molecule has 3 nitrogen and oxygen atoms in total. The van der Waals surface area contributed by atoms with Crippen molar-refractivity contribution >= 4 is 11.1 Å². The fraction of sp³-hybridized carbons (Fsp3) is 1.00. The molecule has 0 saturated heterocycles. The van der Waals surface area contributed by atoms with Crippen molar-refractivity contribution in [3.63, 3.8) is 0 Å². The van der Waals surface area contributed by atoms with Gasteiger partial charge in [-0.25, -0.2) is 4.21 Å². The molecule has 4 heteroatoms. The molecule has 0 aliphatic rings. The fourth-order valence-corrected chi connectivity index (χ4v) is 1.18. The van der Waals surface area contributed by atoms with Gasteiger partial charge < -0.3 is 9.66 Å². The molecular formula is C5H12O3S. The lowest BCUT2D eigenvalue weighted by Gasteiger charge is -2.06. The van der Waals surface area contributed by atoms with Crippen molar-refractivity contribution in [3.05, 3.63) is 0 Å². The Morgan fingerprint density at radius 2 is 2.22 bits per heavy atom. The summed E-state index contributed by atoms with van der Waals surface area (Å²) in [7, 11) is 0. The molecule has 0 aliphatic heterocycles. The van der Waals surface area contributed by atoms with Crippen LogP contribution >= 0.6 is 0 Å². The van der Waals surface area contributed by atoms with E-state index in [0.717, 1.165) is 0 Å². The molecule has 0 aromatic heterocycles. The maximum Gasteiger partial charge on any atom is 0.156 e. The Hall–Kier alpha value is 0.0700. The molecule has 0 heterocycles. The second-order valence-corrected chi connectivity index (χ2v) is 3.04. The van der Waals surface area contributed by atoms with Crippen molar-refractivity contribution in [3.8, 4) is 0 Å². The lowest BCUT2D eigenvalue weighted by Crippen LogP contribution is -2.14. The summed E-state index contributed by atoms with van der Waals surface area (Å²) in [5, 5.41) is 8.12. The van der Waals surface area contributed by atoms with Gasteiger partial charge >= 0.3 is 0 Å². The van der Waals surface area contributed by atoms with Crippen LogP contribution in [0.25, 0.3) is 0 Å². The average Bonchev–Trinajstić information content (AvgIpc) is 1.82. The third-order valence-electron chi connectivity index (χ3n) is 1.19. The molecule has 0 saturated carbocycles. The van der Waals surface area contributed by atoms with Crippen LogP contribution in [0.15, 0.2) is 0 Å². The largest absolute Gasteiger partial charge is 0.396 e. The zero-order chi connectivity index (χ0) is 7.28. The maximum atomic E-state index is 10.3. The molecule has 0 fully saturated rings. The zero-order valence-electron chi connectivity index (χ0n) is 5.41. The quantitative estimate of drug-likeness (QED) is 0.572. The number of rotatable bonds is 4. The van der Waals surface area contributed by atoms with Gasteiger partial charge in [0.25, 0.3) is 0 Å². The second kappa shape index (κ2) is 4.90. The molecule has 2 unspecified atom stereocenters. The normalized spacial score (nSPS) is 17.2. The summed E-state index contributed by atoms with van der Waals surface area (Å²) in [6.07, 6.45) is 1.06. The molecule has 0 amide bonds. The Balaban J connectivity index is 3.54. The van der Waals surface area contributed by atoms with E-state index in [9.17, 15) is 4.21 Å². The first-order valence-corrected chi connectivity index (χ1v) is 4.09. The van der Waals surface area contributed by atoms with Gasteiger partial charge in [0.15, 0.2) is 11.1 Å². The van der Waals surface area contributed by atoms with Crippen molar-refractivity contribution in [2.45, 2.75) is 25.0 Å². The first-order valence-electron chi connectivity index (χ1n) is 2.92. The highest BCUT2D eigenvalue weighted by Crippen LogP contribution is 2.03. The van der Waals surface area contributed by atoms with Crippen molar-refractivity contribution < 1.29 is 13.9 Å². The highest BCUT2D eigenvalue weighted by Gasteiger charge is 2.10. The maximum absolute atomic E-state index is 10.3. The van der Waals surface area contributed by atoms with Crippen molar-refractivity contribution in [1.29, 1.82) is 0 Å². The number of aliphatic hydroxyl groups excluding tert-OH is 1. The van der Waals surface area contributed by atoms with Crippen LogP contribution in [0.3, 0.4) is 0 Å². The zero-order valence-corrected chi connectivity index (χ0v) is 6.23. The van der Waals surface area contributed by atoms with Crippen LogP contribution in [-0.2, 0) is 11.1 Å². The predicted molar refractivity (Wildman–Crippen MR) is 36.6 cm³/mol. The second-order valence-electron chi connectivity index (χ2n) is 1.82. The molecule has 2 atom stereocenters. The van der Waals surface area contributed by atoms with E-state index in [1.54, 1.807) is 0 Å². The first kappa shape index (κ1) is 9.07. The lowest BCUT2D eigenvalue weighted by molar-refractivity contribution is 0.283. The minimum atomic E-state index is -1.76. The van der Waals surface area contributed by atoms with Crippen LogP contribution in [0.1, 0.15) is 19.8 Å². The Morgan fingerprint density at radius 3 is 2.33 bits per heavy atom. The SMILES string of the molecule is CCC(CCO)S(=O)O. The van der Waals surface area contributed by atoms with Crippen LogP contribution in [0.2, 0.25) is 0 Å². The van der Waals surface area contributed by atoms with Crippen LogP contribution in [-0.4, -0.2) is 25.7 Å². The number of aliphatic hydroxyl groups is 1. The van der Waals surface area contributed by atoms with E-state index in [1.165, 1.54) is 0 Å². The molecule has 0 bridgehead atoms. The third kappa shape index (κ3) is 3.61. The highest BCUT2D eigenvalue weighted by molar-refractivity contribution is 7.79. The average molecular weight is 152 g/mol. The highest BCUT2D eigenvalue weighted by atomic mass is 32.2. The number of hydrogen-bond donors (Lipinski definition) is 2. The van der Waals surface area contributed by atoms with Crippen molar-refractivity contribution in [1.82, 2.24) is 0 Å². The topological polar surface area (TPSA) is 57.5 Å². The molecular weight excluding hydrogens is 140 g/mol. The molecule has 0 rings (SSSR count). The third-order valence-corrected chi connectivity index (χ3v) is 2.33. The van der Waals surface area contributed by atoms with E-state index in [2.05, 4.69) is 0 Å². The van der Waals surface area contributed by atoms with Gasteiger partial charge in [-0.1, -0.05) is 6.92 Å². The van der Waals surface area contributed by atoms with Gasteiger partial charge in [0, 0.05) is 6.61 Å². The van der Waals surface area contributed by atoms with Gasteiger partial charge in [-0.2, -0.15) is 0 Å². The van der Waals surface area contributed by atoms with Gasteiger partial charge in [0.05, 0.1) is 5.25 Å². The molecule has 56 valence electrons. The van der Waals surface area contributed by atoms with E-state index in [1.807, 2.05) is 6.92 Å². The Morgan fingerprint density at radius 1 is 1.67 bits per heavy atom. The summed E-state index contributed by atoms with van der Waals surface area (Å²) in [5.74, 6) is 0. The summed E-state index contributed by atoms with van der Waals surface area (Å²) < 4.78 is 18.8. The van der Waals surface area contributed by atoms with E-state index >= 15 is 0 Å². The van der Waals surface area contributed by atoms with Gasteiger partial charge in [0.2, 0.25) is 0 Å². The van der Waals surface area contributed by atoms with Gasteiger partial charge in [-0.15, -0.1) is 0 Å². The van der Waals surface area contributed by atoms with Crippen LogP contribution in [0.4, 0.5) is 0 Å². The van der Waals surface area contributed by atoms with Crippen molar-refractivity contribution in [2.24, 2.45) is 0 Å². The summed E-state index contributed by atoms with van der Waals surface area (Å²) in [4.78, 5) is 0. The fourth-order valence-electron chi connectivity index (χ4n) is 0.592. The van der Waals surface area contributed by atoms with E-state index in [4.69, 9.17) is 9.66 Å². The lowest BCUT2D eigenvalue weighted by atomic mass is 10.2. The summed E-state index contributed by atoms with van der Waals surface area (Å²) in [5.41, 5.74) is 0. The Labute approximate surface area is 57.4 Å². The molecule has 0 aliphatic carbocycles. The summed E-state index contributed by atoms with van der Waals surface area (Å²) >= 11 is -1.76. The number of hydrogen-bond acceptors (Lipinski definition) is 2. The molecule has 9 heavy (non-hydrogen) atoms. The standard InChI is InChI=1S/C5H12O3S/c1-2-5(3-4-6)9(7)8/h5-6H,2-4H2,1H3,(H,7,8). The smallest absolute Gasteiger partial charge is 0.156 e. The molecule has 0 radical (unpaired) electrons. The van der Waals surface area contributed by atoms with E-state index < -0.39 is 11.1 Å². The molecule has 0 aromatic carbocycles. The molecule has 2 N–H and O–H groups in total. The van der Waals surface area contributed by atoms with Crippen LogP contribution in [0.5, 0.6) is 0 Å². The van der Waals surface area contributed by atoms with Gasteiger partial charge in [0.1, 0.15) is 0 Å². The van der Waals surface area contributed by atoms with Crippen molar-refractivity contribution in [2.75, 3.05) is 6.61 Å². The van der Waals surface area contributed by atoms with Gasteiger partial charge in [-0.05, 0) is 12.8 Å². The monoisotopic (exact) mass is 152 g/mol. The molecule has 0 aromatic rings. The van der Waals surface area contributed by atoms with Crippen LogP contribution in [0, 0.1) is 0 Å². The minimum Gasteiger partial charge on any atom is -0.396 e. The first-order chi connectivity index (χ1) is 4.22.